The first kappa shape index (κ1) is 14.7. The van der Waals surface area contributed by atoms with Crippen molar-refractivity contribution in [3.8, 4) is 0 Å². The van der Waals surface area contributed by atoms with Gasteiger partial charge in [-0.1, -0.05) is 25.5 Å². The normalized spacial score (nSPS) is 13.2. The molecule has 0 bridgehead atoms. The summed E-state index contributed by atoms with van der Waals surface area (Å²) in [5, 5.41) is 8.94. The van der Waals surface area contributed by atoms with Gasteiger partial charge in [0.05, 0.1) is 4.90 Å². The molecule has 0 aliphatic rings. The summed E-state index contributed by atoms with van der Waals surface area (Å²) in [5.41, 5.74) is 0.806. The van der Waals surface area contributed by atoms with Crippen LogP contribution in [0.4, 0.5) is 0 Å². The van der Waals surface area contributed by atoms with Crippen LogP contribution in [0.3, 0.4) is 0 Å². The fourth-order valence-electron chi connectivity index (χ4n) is 1.56. The molecule has 18 heavy (non-hydrogen) atoms. The second-order valence-corrected chi connectivity index (χ2v) is 5.83. The largest absolute Gasteiger partial charge is 0.480 e. The number of rotatable bonds is 6. The molecule has 1 aromatic carbocycles. The quantitative estimate of drug-likeness (QED) is 0.821. The molecule has 6 heteroatoms. The van der Waals surface area contributed by atoms with Crippen LogP contribution in [0, 0.1) is 6.92 Å². The summed E-state index contributed by atoms with van der Waals surface area (Å²) >= 11 is 0. The second kappa shape index (κ2) is 5.97. The summed E-state index contributed by atoms with van der Waals surface area (Å²) in [6.07, 6.45) is 0.855. The molecule has 1 rings (SSSR count). The lowest BCUT2D eigenvalue weighted by Gasteiger charge is -2.14. The monoisotopic (exact) mass is 271 g/mol. The number of aryl methyl sites for hydroxylation is 1. The Balaban J connectivity index is 2.97. The maximum atomic E-state index is 12.0. The van der Waals surface area contributed by atoms with Crippen molar-refractivity contribution in [3.63, 3.8) is 0 Å². The molecule has 1 atom stereocenters. The molecule has 0 aliphatic carbocycles. The van der Waals surface area contributed by atoms with Crippen LogP contribution in [0.5, 0.6) is 0 Å². The number of hydrogen-bond acceptors (Lipinski definition) is 3. The highest BCUT2D eigenvalue weighted by atomic mass is 32.2. The van der Waals surface area contributed by atoms with Gasteiger partial charge < -0.3 is 5.11 Å². The molecule has 0 aromatic heterocycles. The first-order valence-electron chi connectivity index (χ1n) is 5.68. The third-order valence-electron chi connectivity index (χ3n) is 2.47. The second-order valence-electron chi connectivity index (χ2n) is 4.12. The number of carbonyl (C=O) groups is 1. The summed E-state index contributed by atoms with van der Waals surface area (Å²) in [4.78, 5) is 11.0. The van der Waals surface area contributed by atoms with Gasteiger partial charge in [-0.05, 0) is 31.0 Å². The van der Waals surface area contributed by atoms with E-state index >= 15 is 0 Å². The van der Waals surface area contributed by atoms with Crippen molar-refractivity contribution in [1.29, 1.82) is 0 Å². The number of nitrogens with one attached hydrogen (secondary N) is 1. The molecule has 0 heterocycles. The zero-order valence-electron chi connectivity index (χ0n) is 10.4. The first-order chi connectivity index (χ1) is 8.36. The van der Waals surface area contributed by atoms with Crippen molar-refractivity contribution in [3.05, 3.63) is 29.8 Å². The maximum Gasteiger partial charge on any atom is 0.321 e. The van der Waals surface area contributed by atoms with Gasteiger partial charge in [-0.2, -0.15) is 4.72 Å². The Labute approximate surface area is 107 Å². The Morgan fingerprint density at radius 1 is 1.44 bits per heavy atom. The summed E-state index contributed by atoms with van der Waals surface area (Å²) in [6.45, 7) is 3.58. The number of aliphatic carboxylic acids is 1. The number of carboxylic acids is 1. The van der Waals surface area contributed by atoms with E-state index in [1.807, 2.05) is 0 Å². The lowest BCUT2D eigenvalue weighted by Crippen LogP contribution is -2.40. The molecule has 100 valence electrons. The molecule has 1 unspecified atom stereocenters. The van der Waals surface area contributed by atoms with Crippen molar-refractivity contribution in [2.24, 2.45) is 0 Å². The highest BCUT2D eigenvalue weighted by Crippen LogP contribution is 2.12. The van der Waals surface area contributed by atoms with Crippen molar-refractivity contribution in [1.82, 2.24) is 4.72 Å². The van der Waals surface area contributed by atoms with Crippen molar-refractivity contribution in [2.45, 2.75) is 37.6 Å². The highest BCUT2D eigenvalue weighted by Gasteiger charge is 2.24. The minimum absolute atomic E-state index is 0.0878. The third-order valence-corrected chi connectivity index (χ3v) is 3.94. The summed E-state index contributed by atoms with van der Waals surface area (Å²) in [7, 11) is -3.78. The van der Waals surface area contributed by atoms with Crippen molar-refractivity contribution < 1.29 is 18.3 Å². The van der Waals surface area contributed by atoms with E-state index in [1.54, 1.807) is 26.0 Å². The van der Waals surface area contributed by atoms with E-state index in [0.29, 0.717) is 6.42 Å². The predicted octanol–water partition coefficient (Wildman–Crippen LogP) is 1.53. The molecule has 0 amide bonds. The zero-order valence-corrected chi connectivity index (χ0v) is 11.2. The van der Waals surface area contributed by atoms with Crippen LogP contribution in [0.2, 0.25) is 0 Å². The molecule has 0 spiro atoms. The van der Waals surface area contributed by atoms with E-state index in [9.17, 15) is 13.2 Å². The number of sulfonamides is 1. The van der Waals surface area contributed by atoms with E-state index in [2.05, 4.69) is 4.72 Å². The minimum atomic E-state index is -3.78. The molecule has 2 N–H and O–H groups in total. The van der Waals surface area contributed by atoms with Gasteiger partial charge in [0.1, 0.15) is 6.04 Å². The van der Waals surface area contributed by atoms with Crippen molar-refractivity contribution >= 4 is 16.0 Å². The van der Waals surface area contributed by atoms with E-state index in [1.165, 1.54) is 12.1 Å². The van der Waals surface area contributed by atoms with E-state index in [0.717, 1.165) is 5.56 Å². The molecule has 0 saturated heterocycles. The molecule has 0 saturated carbocycles. The number of carboxylic acid groups (broad SMARTS) is 1. The molecule has 0 aliphatic heterocycles. The Kier molecular flexibility index (Phi) is 4.86. The molecule has 0 radical (unpaired) electrons. The standard InChI is InChI=1S/C12H17NO4S/c1-3-5-11(12(14)15)13-18(16,17)10-7-4-6-9(2)8-10/h4,6-8,11,13H,3,5H2,1-2H3,(H,14,15). The zero-order chi connectivity index (χ0) is 13.8. The summed E-state index contributed by atoms with van der Waals surface area (Å²) in [5.74, 6) is -1.16. The van der Waals surface area contributed by atoms with Gasteiger partial charge >= 0.3 is 5.97 Å². The Bertz CT molecular complexity index is 525. The average Bonchev–Trinajstić information content (AvgIpc) is 2.28. The van der Waals surface area contributed by atoms with E-state index < -0.39 is 22.0 Å². The fourth-order valence-corrected chi connectivity index (χ4v) is 2.89. The lowest BCUT2D eigenvalue weighted by atomic mass is 10.2. The van der Waals surface area contributed by atoms with Gasteiger partial charge in [0.25, 0.3) is 0 Å². The molecule has 1 aromatic rings. The highest BCUT2D eigenvalue weighted by molar-refractivity contribution is 7.89. The van der Waals surface area contributed by atoms with Crippen LogP contribution in [0.1, 0.15) is 25.3 Å². The van der Waals surface area contributed by atoms with E-state index in [-0.39, 0.29) is 11.3 Å². The van der Waals surface area contributed by atoms with Crippen LogP contribution in [-0.4, -0.2) is 25.5 Å². The van der Waals surface area contributed by atoms with E-state index in [4.69, 9.17) is 5.11 Å². The third kappa shape index (κ3) is 3.82. The maximum absolute atomic E-state index is 12.0. The topological polar surface area (TPSA) is 83.5 Å². The van der Waals surface area contributed by atoms with Gasteiger partial charge in [0, 0.05) is 0 Å². The number of benzene rings is 1. The van der Waals surface area contributed by atoms with Gasteiger partial charge in [-0.3, -0.25) is 4.79 Å². The molecular formula is C12H17NO4S. The Hall–Kier alpha value is -1.40. The summed E-state index contributed by atoms with van der Waals surface area (Å²) in [6, 6.07) is 5.27. The van der Waals surface area contributed by atoms with Crippen LogP contribution < -0.4 is 4.72 Å². The minimum Gasteiger partial charge on any atom is -0.480 e. The van der Waals surface area contributed by atoms with Crippen LogP contribution in [0.15, 0.2) is 29.2 Å². The molecule has 5 nitrogen and oxygen atoms in total. The molecule has 0 fully saturated rings. The van der Waals surface area contributed by atoms with Crippen molar-refractivity contribution in [2.75, 3.05) is 0 Å². The SMILES string of the molecule is CCCC(NS(=O)(=O)c1cccc(C)c1)C(=O)O. The fraction of sp³-hybridized carbons (Fsp3) is 0.417. The van der Waals surface area contributed by atoms with Crippen LogP contribution in [0.25, 0.3) is 0 Å². The van der Waals surface area contributed by atoms with Gasteiger partial charge in [0.15, 0.2) is 0 Å². The first-order valence-corrected chi connectivity index (χ1v) is 7.17. The average molecular weight is 271 g/mol. The number of hydrogen-bond donors (Lipinski definition) is 2. The predicted molar refractivity (Wildman–Crippen MR) is 67.8 cm³/mol. The summed E-state index contributed by atoms with van der Waals surface area (Å²) < 4.78 is 26.2. The molecular weight excluding hydrogens is 254 g/mol. The smallest absolute Gasteiger partial charge is 0.321 e. The van der Waals surface area contributed by atoms with Gasteiger partial charge in [0.2, 0.25) is 10.0 Å². The lowest BCUT2D eigenvalue weighted by molar-refractivity contribution is -0.139. The Morgan fingerprint density at radius 2 is 2.11 bits per heavy atom. The van der Waals surface area contributed by atoms with Crippen LogP contribution >= 0.6 is 0 Å². The van der Waals surface area contributed by atoms with Crippen LogP contribution in [-0.2, 0) is 14.8 Å². The van der Waals surface area contributed by atoms with Gasteiger partial charge in [-0.15, -0.1) is 0 Å². The van der Waals surface area contributed by atoms with Gasteiger partial charge in [-0.25, -0.2) is 8.42 Å². The Morgan fingerprint density at radius 3 is 2.61 bits per heavy atom.